The summed E-state index contributed by atoms with van der Waals surface area (Å²) in [6.45, 7) is 19.1. The molecule has 1 aromatic heterocycles. The first-order valence-electron chi connectivity index (χ1n) is 18.1. The van der Waals surface area contributed by atoms with Gasteiger partial charge in [-0.15, -0.1) is 0 Å². The second kappa shape index (κ2) is 16.2. The van der Waals surface area contributed by atoms with Crippen molar-refractivity contribution in [3.05, 3.63) is 91.9 Å². The number of aliphatic imine (C=N–C) groups is 1. The smallest absolute Gasteiger partial charge is 0.329 e. The first kappa shape index (κ1) is 41.1. The van der Waals surface area contributed by atoms with Crippen LogP contribution in [0, 0.1) is 20.8 Å². The van der Waals surface area contributed by atoms with E-state index in [1.54, 1.807) is 46.9 Å². The fourth-order valence-electron chi connectivity index (χ4n) is 6.41. The minimum Gasteiger partial charge on any atom is -0.487 e. The lowest BCUT2D eigenvalue weighted by molar-refractivity contribution is -0.157. The predicted octanol–water partition coefficient (Wildman–Crippen LogP) is 5.56. The molecule has 1 amide bonds. The van der Waals surface area contributed by atoms with E-state index in [0.29, 0.717) is 23.5 Å². The monoisotopic (exact) mass is 749 g/mol. The number of fused-ring (bicyclic) bond motifs is 1. The molecule has 0 saturated carbocycles. The molecule has 0 fully saturated rings. The SMILES string of the molecule is Cc1c(C)c(S(=O)(=O)NC(N)=NCCC[C@H](NC(=O)c2cccn(Cc3cccc(C(C)C)c3)c2=O)C(=O)OC(C)(C)C)c(C)c2c1OC(C)(C)CC2. The number of nitrogens with zero attached hydrogens (tertiary/aromatic N) is 2. The fraction of sp³-hybridized carbons (Fsp3) is 0.500. The van der Waals surface area contributed by atoms with E-state index in [2.05, 4.69) is 28.9 Å². The van der Waals surface area contributed by atoms with Gasteiger partial charge in [0.05, 0.1) is 11.4 Å². The van der Waals surface area contributed by atoms with Crippen LogP contribution >= 0.6 is 0 Å². The lowest BCUT2D eigenvalue weighted by atomic mass is 9.88. The molecule has 1 aliphatic heterocycles. The van der Waals surface area contributed by atoms with Crippen LogP contribution in [0.15, 0.2) is 57.3 Å². The van der Waals surface area contributed by atoms with Gasteiger partial charge in [0.2, 0.25) is 5.96 Å². The van der Waals surface area contributed by atoms with Crippen LogP contribution in [-0.4, -0.2) is 54.6 Å². The maximum Gasteiger partial charge on any atom is 0.329 e. The van der Waals surface area contributed by atoms with Gasteiger partial charge in [0.15, 0.2) is 0 Å². The zero-order valence-electron chi connectivity index (χ0n) is 32.7. The number of benzene rings is 2. The summed E-state index contributed by atoms with van der Waals surface area (Å²) in [6, 6.07) is 9.87. The Kier molecular flexibility index (Phi) is 12.5. The van der Waals surface area contributed by atoms with Gasteiger partial charge in [0, 0.05) is 12.7 Å². The van der Waals surface area contributed by atoms with Crippen LogP contribution in [0.4, 0.5) is 0 Å². The molecule has 12 nitrogen and oxygen atoms in total. The molecule has 0 saturated heterocycles. The Balaban J connectivity index is 1.47. The minimum absolute atomic E-state index is 0.0429. The molecule has 288 valence electrons. The summed E-state index contributed by atoms with van der Waals surface area (Å²) in [5.74, 6) is -0.647. The molecule has 4 rings (SSSR count). The van der Waals surface area contributed by atoms with Gasteiger partial charge in [-0.1, -0.05) is 38.1 Å². The largest absolute Gasteiger partial charge is 0.487 e. The van der Waals surface area contributed by atoms with Crippen molar-refractivity contribution >= 4 is 27.9 Å². The number of rotatable bonds is 12. The average molecular weight is 750 g/mol. The highest BCUT2D eigenvalue weighted by Crippen LogP contribution is 2.42. The van der Waals surface area contributed by atoms with Crippen molar-refractivity contribution in [1.29, 1.82) is 0 Å². The molecule has 4 N–H and O–H groups in total. The second-order valence-electron chi connectivity index (χ2n) is 15.7. The maximum atomic E-state index is 13.6. The van der Waals surface area contributed by atoms with Gasteiger partial charge in [-0.05, 0) is 133 Å². The lowest BCUT2D eigenvalue weighted by Crippen LogP contribution is -2.46. The molecule has 2 heterocycles. The van der Waals surface area contributed by atoms with Crippen LogP contribution in [0.25, 0.3) is 0 Å². The summed E-state index contributed by atoms with van der Waals surface area (Å²) in [6.07, 6.45) is 3.38. The van der Waals surface area contributed by atoms with Gasteiger partial charge >= 0.3 is 5.97 Å². The van der Waals surface area contributed by atoms with Crippen LogP contribution in [0.2, 0.25) is 0 Å². The van der Waals surface area contributed by atoms with E-state index in [-0.39, 0.29) is 48.0 Å². The number of sulfonamides is 1. The third-order valence-electron chi connectivity index (χ3n) is 9.34. The zero-order chi connectivity index (χ0) is 39.5. The van der Waals surface area contributed by atoms with Gasteiger partial charge in [0.25, 0.3) is 21.5 Å². The van der Waals surface area contributed by atoms with Crippen molar-refractivity contribution in [3.8, 4) is 5.75 Å². The Hall–Kier alpha value is -4.65. The average Bonchev–Trinajstić information content (AvgIpc) is 3.04. The second-order valence-corrected chi connectivity index (χ2v) is 17.3. The van der Waals surface area contributed by atoms with E-state index in [4.69, 9.17) is 15.2 Å². The van der Waals surface area contributed by atoms with Crippen LogP contribution < -0.4 is 26.1 Å². The molecule has 0 radical (unpaired) electrons. The van der Waals surface area contributed by atoms with Crippen molar-refractivity contribution in [2.24, 2.45) is 10.7 Å². The molecule has 0 unspecified atom stereocenters. The molecular weight excluding hydrogens is 695 g/mol. The number of ether oxygens (including phenoxy) is 2. The highest BCUT2D eigenvalue weighted by Gasteiger charge is 2.34. The topological polar surface area (TPSA) is 171 Å². The summed E-state index contributed by atoms with van der Waals surface area (Å²) < 4.78 is 42.9. The molecule has 0 bridgehead atoms. The van der Waals surface area contributed by atoms with E-state index in [0.717, 1.165) is 34.4 Å². The predicted molar refractivity (Wildman–Crippen MR) is 207 cm³/mol. The van der Waals surface area contributed by atoms with Gasteiger partial charge in [-0.2, -0.15) is 0 Å². The van der Waals surface area contributed by atoms with Gasteiger partial charge in [-0.25, -0.2) is 17.9 Å². The van der Waals surface area contributed by atoms with Crippen LogP contribution in [0.1, 0.15) is 117 Å². The van der Waals surface area contributed by atoms with Gasteiger partial charge in [0.1, 0.15) is 28.6 Å². The molecule has 0 spiro atoms. The number of carbonyl (C=O) groups is 2. The van der Waals surface area contributed by atoms with E-state index < -0.39 is 39.1 Å². The van der Waals surface area contributed by atoms with Crippen molar-refractivity contribution < 1.29 is 27.5 Å². The number of aromatic nitrogens is 1. The first-order valence-corrected chi connectivity index (χ1v) is 19.5. The fourth-order valence-corrected chi connectivity index (χ4v) is 7.93. The number of pyridine rings is 1. The Morgan fingerprint density at radius 2 is 1.77 bits per heavy atom. The molecule has 53 heavy (non-hydrogen) atoms. The van der Waals surface area contributed by atoms with Gasteiger partial charge < -0.3 is 25.1 Å². The zero-order valence-corrected chi connectivity index (χ0v) is 33.5. The third kappa shape index (κ3) is 10.3. The summed E-state index contributed by atoms with van der Waals surface area (Å²) in [5, 5.41) is 2.68. The minimum atomic E-state index is -4.10. The molecule has 0 aliphatic carbocycles. The first-order chi connectivity index (χ1) is 24.6. The number of hydrogen-bond acceptors (Lipinski definition) is 8. The number of hydrogen-bond donors (Lipinski definition) is 3. The molecule has 3 aromatic rings. The third-order valence-corrected chi connectivity index (χ3v) is 11.0. The highest BCUT2D eigenvalue weighted by molar-refractivity contribution is 7.90. The Bertz CT molecular complexity index is 2060. The summed E-state index contributed by atoms with van der Waals surface area (Å²) >= 11 is 0. The summed E-state index contributed by atoms with van der Waals surface area (Å²) in [4.78, 5) is 44.5. The van der Waals surface area contributed by atoms with E-state index in [9.17, 15) is 22.8 Å². The molecular formula is C40H55N5O7S. The number of carbonyl (C=O) groups excluding carboxylic acids is 2. The molecule has 13 heteroatoms. The van der Waals surface area contributed by atoms with Crippen molar-refractivity contribution in [2.45, 2.75) is 130 Å². The molecule has 1 aliphatic rings. The molecule has 2 aromatic carbocycles. The number of esters is 1. The summed E-state index contributed by atoms with van der Waals surface area (Å²) in [7, 11) is -4.10. The van der Waals surface area contributed by atoms with Crippen LogP contribution in [-0.2, 0) is 32.5 Å². The standard InChI is InChI=1S/C40H55N5O7S/c1-24(2)29-15-11-14-28(22-29)23-45-21-13-16-31(36(45)47)35(46)43-32(37(48)52-39(6,7)8)17-12-20-42-38(41)44-53(49,50)34-26(4)25(3)33-30(27(34)5)18-19-40(9,10)51-33/h11,13-16,21-22,24,32H,12,17-20,23H2,1-10H3,(H,43,46)(H3,41,42,44)/t32-/m0/s1. The van der Waals surface area contributed by atoms with Gasteiger partial charge in [-0.3, -0.25) is 14.6 Å². The van der Waals surface area contributed by atoms with Crippen LogP contribution in [0.3, 0.4) is 0 Å². The Labute approximate surface area is 313 Å². The van der Waals surface area contributed by atoms with E-state index in [1.807, 2.05) is 45.0 Å². The number of guanidine groups is 1. The molecule has 1 atom stereocenters. The lowest BCUT2D eigenvalue weighted by Gasteiger charge is -2.35. The Morgan fingerprint density at radius 1 is 1.08 bits per heavy atom. The normalized spacial score (nSPS) is 15.0. The van der Waals surface area contributed by atoms with E-state index >= 15 is 0 Å². The highest BCUT2D eigenvalue weighted by atomic mass is 32.2. The van der Waals surface area contributed by atoms with Crippen molar-refractivity contribution in [3.63, 3.8) is 0 Å². The van der Waals surface area contributed by atoms with Crippen molar-refractivity contribution in [1.82, 2.24) is 14.6 Å². The van der Waals surface area contributed by atoms with E-state index in [1.165, 1.54) is 10.6 Å². The summed E-state index contributed by atoms with van der Waals surface area (Å²) in [5.41, 5.74) is 9.15. The Morgan fingerprint density at radius 3 is 2.43 bits per heavy atom. The number of amides is 1. The van der Waals surface area contributed by atoms with Crippen molar-refractivity contribution in [2.75, 3.05) is 6.54 Å². The number of nitrogens with two attached hydrogens (primary N) is 1. The maximum absolute atomic E-state index is 13.6. The number of nitrogens with one attached hydrogen (secondary N) is 2. The van der Waals surface area contributed by atoms with Crippen LogP contribution in [0.5, 0.6) is 5.75 Å². The quantitative estimate of drug-likeness (QED) is 0.0935.